The van der Waals surface area contributed by atoms with Gasteiger partial charge in [0.25, 0.3) is 5.91 Å². The van der Waals surface area contributed by atoms with Crippen molar-refractivity contribution in [1.29, 1.82) is 0 Å². The first-order valence-electron chi connectivity index (χ1n) is 9.67. The van der Waals surface area contributed by atoms with Crippen molar-refractivity contribution in [2.24, 2.45) is 0 Å². The third-order valence-corrected chi connectivity index (χ3v) is 7.38. The highest BCUT2D eigenvalue weighted by Crippen LogP contribution is 2.28. The zero-order chi connectivity index (χ0) is 21.2. The maximum absolute atomic E-state index is 13.2. The second kappa shape index (κ2) is 8.35. The van der Waals surface area contributed by atoms with Gasteiger partial charge in [0.2, 0.25) is 10.0 Å². The van der Waals surface area contributed by atoms with E-state index in [1.165, 1.54) is 10.4 Å². The Balaban J connectivity index is 2.04. The Morgan fingerprint density at radius 3 is 2.28 bits per heavy atom. The van der Waals surface area contributed by atoms with Crippen LogP contribution in [-0.2, 0) is 10.0 Å². The van der Waals surface area contributed by atoms with Gasteiger partial charge >= 0.3 is 0 Å². The minimum absolute atomic E-state index is 0.179. The summed E-state index contributed by atoms with van der Waals surface area (Å²) in [5, 5.41) is 2.01. The van der Waals surface area contributed by atoms with Crippen LogP contribution in [-0.4, -0.2) is 38.8 Å². The molecule has 0 saturated heterocycles. The van der Waals surface area contributed by atoms with Crippen LogP contribution in [0.15, 0.2) is 65.6 Å². The lowest BCUT2D eigenvalue weighted by molar-refractivity contribution is 0.0993. The molecular weight excluding hydrogens is 384 g/mol. The fourth-order valence-electron chi connectivity index (χ4n) is 3.52. The van der Waals surface area contributed by atoms with E-state index >= 15 is 0 Å². The van der Waals surface area contributed by atoms with E-state index in [-0.39, 0.29) is 10.8 Å². The summed E-state index contributed by atoms with van der Waals surface area (Å²) in [6, 6.07) is 18.5. The Hall–Kier alpha value is -2.70. The van der Waals surface area contributed by atoms with Crippen LogP contribution in [0.4, 0.5) is 5.69 Å². The Bertz CT molecular complexity index is 1150. The second-order valence-electron chi connectivity index (χ2n) is 6.93. The fourth-order valence-corrected chi connectivity index (χ4v) is 5.23. The van der Waals surface area contributed by atoms with Crippen molar-refractivity contribution in [2.75, 3.05) is 25.0 Å². The van der Waals surface area contributed by atoms with E-state index in [9.17, 15) is 13.2 Å². The monoisotopic (exact) mass is 410 g/mol. The van der Waals surface area contributed by atoms with Crippen LogP contribution in [0.25, 0.3) is 10.8 Å². The van der Waals surface area contributed by atoms with E-state index in [4.69, 9.17) is 0 Å². The van der Waals surface area contributed by atoms with Crippen LogP contribution in [0, 0.1) is 6.92 Å². The van der Waals surface area contributed by atoms with Crippen LogP contribution in [0.2, 0.25) is 0 Å². The second-order valence-corrected chi connectivity index (χ2v) is 8.84. The van der Waals surface area contributed by atoms with Crippen molar-refractivity contribution >= 4 is 32.4 Å². The van der Waals surface area contributed by atoms with Gasteiger partial charge in [-0.1, -0.05) is 56.3 Å². The molecule has 152 valence electrons. The van der Waals surface area contributed by atoms with Gasteiger partial charge in [-0.15, -0.1) is 0 Å². The molecule has 0 bridgehead atoms. The number of anilines is 1. The van der Waals surface area contributed by atoms with E-state index in [0.717, 1.165) is 16.5 Å². The van der Waals surface area contributed by atoms with Gasteiger partial charge in [-0.05, 0) is 36.1 Å². The molecule has 0 heterocycles. The summed E-state index contributed by atoms with van der Waals surface area (Å²) in [6.07, 6.45) is 0. The molecule has 0 unspecified atom stereocenters. The maximum Gasteiger partial charge on any atom is 0.258 e. The number of carbonyl (C=O) groups is 1. The molecule has 3 rings (SSSR count). The molecule has 0 fully saturated rings. The normalized spacial score (nSPS) is 11.8. The molecular formula is C23H26N2O3S. The van der Waals surface area contributed by atoms with Gasteiger partial charge in [-0.2, -0.15) is 4.31 Å². The summed E-state index contributed by atoms with van der Waals surface area (Å²) < 4.78 is 27.4. The minimum Gasteiger partial charge on any atom is -0.311 e. The zero-order valence-electron chi connectivity index (χ0n) is 17.2. The fraction of sp³-hybridized carbons (Fsp3) is 0.261. The number of aryl methyl sites for hydroxylation is 1. The Morgan fingerprint density at radius 2 is 1.59 bits per heavy atom. The predicted molar refractivity (Wildman–Crippen MR) is 118 cm³/mol. The Kier molecular flexibility index (Phi) is 6.05. The lowest BCUT2D eigenvalue weighted by atomic mass is 10.1. The summed E-state index contributed by atoms with van der Waals surface area (Å²) in [7, 11) is -1.94. The molecule has 29 heavy (non-hydrogen) atoms. The predicted octanol–water partition coefficient (Wildman–Crippen LogP) is 4.46. The molecule has 0 aliphatic heterocycles. The van der Waals surface area contributed by atoms with Crippen molar-refractivity contribution in [3.8, 4) is 0 Å². The molecule has 1 amide bonds. The molecule has 3 aromatic carbocycles. The third kappa shape index (κ3) is 3.91. The van der Waals surface area contributed by atoms with Gasteiger partial charge in [0, 0.05) is 31.1 Å². The molecule has 0 saturated carbocycles. The van der Waals surface area contributed by atoms with Crippen molar-refractivity contribution in [3.05, 3.63) is 71.8 Å². The summed E-state index contributed by atoms with van der Waals surface area (Å²) in [6.45, 7) is 6.12. The van der Waals surface area contributed by atoms with Crippen LogP contribution < -0.4 is 4.90 Å². The zero-order valence-corrected chi connectivity index (χ0v) is 18.0. The van der Waals surface area contributed by atoms with Crippen LogP contribution >= 0.6 is 0 Å². The van der Waals surface area contributed by atoms with Gasteiger partial charge in [-0.25, -0.2) is 8.42 Å². The smallest absolute Gasteiger partial charge is 0.258 e. The highest BCUT2D eigenvalue weighted by atomic mass is 32.2. The maximum atomic E-state index is 13.2. The average Bonchev–Trinajstić information content (AvgIpc) is 2.73. The molecule has 0 aliphatic rings. The number of rotatable bonds is 6. The summed E-state index contributed by atoms with van der Waals surface area (Å²) >= 11 is 0. The lowest BCUT2D eigenvalue weighted by Gasteiger charge is -2.22. The Morgan fingerprint density at radius 1 is 0.931 bits per heavy atom. The first kappa shape index (κ1) is 21.0. The van der Waals surface area contributed by atoms with E-state index in [1.54, 1.807) is 44.9 Å². The first-order valence-corrected chi connectivity index (χ1v) is 11.1. The highest BCUT2D eigenvalue weighted by Gasteiger charge is 2.25. The van der Waals surface area contributed by atoms with Crippen LogP contribution in [0.3, 0.4) is 0 Å². The quantitative estimate of drug-likeness (QED) is 0.603. The van der Waals surface area contributed by atoms with E-state index in [0.29, 0.717) is 24.2 Å². The average molecular weight is 411 g/mol. The van der Waals surface area contributed by atoms with Gasteiger partial charge in [0.15, 0.2) is 0 Å². The molecule has 3 aromatic rings. The van der Waals surface area contributed by atoms with Crippen molar-refractivity contribution < 1.29 is 13.2 Å². The van der Waals surface area contributed by atoms with Gasteiger partial charge in [0.05, 0.1) is 10.6 Å². The number of carbonyl (C=O) groups excluding carboxylic acids is 1. The largest absolute Gasteiger partial charge is 0.311 e. The minimum atomic E-state index is -3.65. The topological polar surface area (TPSA) is 57.7 Å². The molecule has 0 spiro atoms. The third-order valence-electron chi connectivity index (χ3n) is 5.19. The number of sulfonamides is 1. The van der Waals surface area contributed by atoms with Gasteiger partial charge in [-0.3, -0.25) is 4.79 Å². The molecule has 0 aliphatic carbocycles. The Labute approximate surface area is 172 Å². The number of fused-ring (bicyclic) bond motifs is 1. The molecule has 6 heteroatoms. The number of nitrogens with zero attached hydrogens (tertiary/aromatic N) is 2. The molecule has 5 nitrogen and oxygen atoms in total. The first-order chi connectivity index (χ1) is 13.8. The van der Waals surface area contributed by atoms with Crippen molar-refractivity contribution in [3.63, 3.8) is 0 Å². The van der Waals surface area contributed by atoms with Crippen LogP contribution in [0.1, 0.15) is 29.8 Å². The standard InChI is InChI=1S/C23H26N2O3S/c1-5-25(6-2)29(27,28)22-16-19(15-14-17(22)3)23(26)24(4)21-13-9-11-18-10-7-8-12-20(18)21/h7-16H,5-6H2,1-4H3. The molecule has 0 atom stereocenters. The SMILES string of the molecule is CCN(CC)S(=O)(=O)c1cc(C(=O)N(C)c2cccc3ccccc23)ccc1C. The number of amides is 1. The lowest BCUT2D eigenvalue weighted by Crippen LogP contribution is -2.32. The van der Waals surface area contributed by atoms with E-state index in [1.807, 2.05) is 42.5 Å². The number of hydrogen-bond donors (Lipinski definition) is 0. The summed E-state index contributed by atoms with van der Waals surface area (Å²) in [5.74, 6) is -0.252. The van der Waals surface area contributed by atoms with Gasteiger partial charge < -0.3 is 4.90 Å². The molecule has 0 aromatic heterocycles. The number of hydrogen-bond acceptors (Lipinski definition) is 3. The van der Waals surface area contributed by atoms with Gasteiger partial charge in [0.1, 0.15) is 0 Å². The van der Waals surface area contributed by atoms with E-state index in [2.05, 4.69) is 0 Å². The molecule has 0 N–H and O–H groups in total. The van der Waals surface area contributed by atoms with Crippen LogP contribution in [0.5, 0.6) is 0 Å². The van der Waals surface area contributed by atoms with Crippen molar-refractivity contribution in [1.82, 2.24) is 4.31 Å². The van der Waals surface area contributed by atoms with E-state index < -0.39 is 10.0 Å². The summed E-state index contributed by atoms with van der Waals surface area (Å²) in [5.41, 5.74) is 1.75. The number of benzene rings is 3. The summed E-state index contributed by atoms with van der Waals surface area (Å²) in [4.78, 5) is 15.0. The highest BCUT2D eigenvalue weighted by molar-refractivity contribution is 7.89. The molecule has 0 radical (unpaired) electrons. The van der Waals surface area contributed by atoms with Crippen molar-refractivity contribution in [2.45, 2.75) is 25.7 Å².